The van der Waals surface area contributed by atoms with Gasteiger partial charge < -0.3 is 10.5 Å². The van der Waals surface area contributed by atoms with Gasteiger partial charge in [-0.2, -0.15) is 5.10 Å². The molecule has 0 aromatic carbocycles. The van der Waals surface area contributed by atoms with Crippen molar-refractivity contribution in [3.63, 3.8) is 0 Å². The van der Waals surface area contributed by atoms with E-state index in [1.807, 2.05) is 29.9 Å². The fraction of sp³-hybridized carbons (Fsp3) is 0.529. The average molecular weight is 333 g/mol. The predicted octanol–water partition coefficient (Wildman–Crippen LogP) is 3.71. The number of ether oxygens (including phenoxy) is 1. The smallest absolute Gasteiger partial charge is 0.139 e. The minimum Gasteiger partial charge on any atom is -0.384 e. The standard InChI is InChI=1S/C17H28N4OSi/c1-6-15-17(14-7-8-16(18)19-11-14)13(2)20-21(15)12-22-9-10-23(3,4)5/h7-8,11H,6,9-10,12H2,1-5H3,(H2,18,19). The van der Waals surface area contributed by atoms with Gasteiger partial charge in [0.1, 0.15) is 12.5 Å². The molecule has 2 aromatic heterocycles. The SMILES string of the molecule is CCc1c(-c2ccc(N)nc2)c(C)nn1COCC[Si](C)(C)C. The second kappa shape index (κ2) is 7.27. The first-order valence-electron chi connectivity index (χ1n) is 8.17. The molecule has 0 atom stereocenters. The van der Waals surface area contributed by atoms with E-state index in [9.17, 15) is 0 Å². The second-order valence-corrected chi connectivity index (χ2v) is 12.7. The number of aromatic nitrogens is 3. The number of anilines is 1. The highest BCUT2D eigenvalue weighted by Crippen LogP contribution is 2.27. The first kappa shape index (κ1) is 17.7. The topological polar surface area (TPSA) is 66.0 Å². The zero-order valence-corrected chi connectivity index (χ0v) is 15.9. The summed E-state index contributed by atoms with van der Waals surface area (Å²) < 4.78 is 7.84. The van der Waals surface area contributed by atoms with E-state index < -0.39 is 8.07 Å². The van der Waals surface area contributed by atoms with E-state index in [0.717, 1.165) is 29.8 Å². The van der Waals surface area contributed by atoms with Crippen molar-refractivity contribution in [2.75, 3.05) is 12.3 Å². The maximum atomic E-state index is 5.86. The summed E-state index contributed by atoms with van der Waals surface area (Å²) in [4.78, 5) is 4.20. The van der Waals surface area contributed by atoms with Crippen LogP contribution in [-0.4, -0.2) is 29.4 Å². The third-order valence-corrected chi connectivity index (χ3v) is 5.56. The number of nitrogens with zero attached hydrogens (tertiary/aromatic N) is 3. The number of nitrogen functional groups attached to an aromatic ring is 1. The van der Waals surface area contributed by atoms with Crippen molar-refractivity contribution in [1.29, 1.82) is 0 Å². The summed E-state index contributed by atoms with van der Waals surface area (Å²) in [5.41, 5.74) is 10.1. The van der Waals surface area contributed by atoms with Gasteiger partial charge in [-0.3, -0.25) is 0 Å². The molecule has 0 spiro atoms. The summed E-state index contributed by atoms with van der Waals surface area (Å²) in [6.07, 6.45) is 2.72. The molecule has 0 saturated heterocycles. The first-order valence-corrected chi connectivity index (χ1v) is 11.9. The summed E-state index contributed by atoms with van der Waals surface area (Å²) in [5.74, 6) is 0.534. The van der Waals surface area contributed by atoms with Gasteiger partial charge in [-0.25, -0.2) is 9.67 Å². The van der Waals surface area contributed by atoms with Gasteiger partial charge in [0, 0.05) is 37.7 Å². The van der Waals surface area contributed by atoms with Gasteiger partial charge in [0.2, 0.25) is 0 Å². The average Bonchev–Trinajstić information content (AvgIpc) is 2.79. The van der Waals surface area contributed by atoms with Gasteiger partial charge >= 0.3 is 0 Å². The highest BCUT2D eigenvalue weighted by atomic mass is 28.3. The van der Waals surface area contributed by atoms with E-state index in [2.05, 4.69) is 36.6 Å². The Morgan fingerprint density at radius 2 is 2.00 bits per heavy atom. The van der Waals surface area contributed by atoms with Gasteiger partial charge in [-0.15, -0.1) is 0 Å². The minimum atomic E-state index is -1.06. The molecule has 0 aliphatic carbocycles. The van der Waals surface area contributed by atoms with Gasteiger partial charge in [-0.1, -0.05) is 26.6 Å². The van der Waals surface area contributed by atoms with Crippen LogP contribution in [0.3, 0.4) is 0 Å². The molecule has 0 aliphatic heterocycles. The van der Waals surface area contributed by atoms with Crippen molar-refractivity contribution >= 4 is 13.9 Å². The molecule has 23 heavy (non-hydrogen) atoms. The Bertz CT molecular complexity index is 644. The predicted molar refractivity (Wildman–Crippen MR) is 98.1 cm³/mol. The van der Waals surface area contributed by atoms with Gasteiger partial charge in [0.25, 0.3) is 0 Å². The number of nitrogens with two attached hydrogens (primary N) is 1. The zero-order chi connectivity index (χ0) is 17.0. The third-order valence-electron chi connectivity index (χ3n) is 3.85. The van der Waals surface area contributed by atoms with Crippen molar-refractivity contribution in [2.24, 2.45) is 0 Å². The Morgan fingerprint density at radius 1 is 1.26 bits per heavy atom. The Morgan fingerprint density at radius 3 is 2.57 bits per heavy atom. The highest BCUT2D eigenvalue weighted by molar-refractivity contribution is 6.76. The van der Waals surface area contributed by atoms with Crippen LogP contribution in [0.15, 0.2) is 18.3 Å². The number of pyridine rings is 1. The van der Waals surface area contributed by atoms with E-state index in [0.29, 0.717) is 12.5 Å². The summed E-state index contributed by atoms with van der Waals surface area (Å²) >= 11 is 0. The molecule has 0 fully saturated rings. The molecule has 0 amide bonds. The lowest BCUT2D eigenvalue weighted by Crippen LogP contribution is -2.22. The van der Waals surface area contributed by atoms with E-state index in [4.69, 9.17) is 10.5 Å². The van der Waals surface area contributed by atoms with Crippen molar-refractivity contribution in [3.05, 3.63) is 29.7 Å². The van der Waals surface area contributed by atoms with Crippen molar-refractivity contribution < 1.29 is 4.74 Å². The Labute approximate surface area is 139 Å². The maximum absolute atomic E-state index is 5.86. The van der Waals surface area contributed by atoms with Gasteiger partial charge in [0.05, 0.1) is 5.69 Å². The molecule has 2 rings (SSSR count). The molecule has 0 saturated carbocycles. The monoisotopic (exact) mass is 332 g/mol. The molecule has 0 bridgehead atoms. The normalized spacial score (nSPS) is 11.9. The lowest BCUT2D eigenvalue weighted by atomic mass is 10.0. The van der Waals surface area contributed by atoms with Crippen LogP contribution in [0.5, 0.6) is 0 Å². The van der Waals surface area contributed by atoms with Crippen molar-refractivity contribution in [2.45, 2.75) is 52.7 Å². The quantitative estimate of drug-likeness (QED) is 0.620. The Kier molecular flexibility index (Phi) is 5.59. The van der Waals surface area contributed by atoms with Crippen LogP contribution in [0.4, 0.5) is 5.82 Å². The van der Waals surface area contributed by atoms with Gasteiger partial charge in [0.15, 0.2) is 0 Å². The van der Waals surface area contributed by atoms with Crippen LogP contribution in [0.2, 0.25) is 25.7 Å². The zero-order valence-electron chi connectivity index (χ0n) is 14.9. The van der Waals surface area contributed by atoms with E-state index in [1.54, 1.807) is 0 Å². The maximum Gasteiger partial charge on any atom is 0.139 e. The fourth-order valence-electron chi connectivity index (χ4n) is 2.55. The summed E-state index contributed by atoms with van der Waals surface area (Å²) in [6, 6.07) is 5.00. The van der Waals surface area contributed by atoms with E-state index in [1.165, 1.54) is 11.7 Å². The Hall–Kier alpha value is -1.66. The van der Waals surface area contributed by atoms with Crippen LogP contribution in [-0.2, 0) is 17.9 Å². The fourth-order valence-corrected chi connectivity index (χ4v) is 3.31. The first-order chi connectivity index (χ1) is 10.8. The van der Waals surface area contributed by atoms with Crippen LogP contribution in [0, 0.1) is 6.92 Å². The lowest BCUT2D eigenvalue weighted by molar-refractivity contribution is 0.0764. The van der Waals surface area contributed by atoms with Crippen molar-refractivity contribution in [3.8, 4) is 11.1 Å². The van der Waals surface area contributed by atoms with Crippen LogP contribution in [0.25, 0.3) is 11.1 Å². The molecule has 2 N–H and O–H groups in total. The molecule has 5 nitrogen and oxygen atoms in total. The summed E-state index contributed by atoms with van der Waals surface area (Å²) in [5, 5.41) is 4.66. The molecule has 2 heterocycles. The number of hydrogen-bond donors (Lipinski definition) is 1. The summed E-state index contributed by atoms with van der Waals surface area (Å²) in [6.45, 7) is 12.6. The van der Waals surface area contributed by atoms with E-state index in [-0.39, 0.29) is 0 Å². The molecular weight excluding hydrogens is 304 g/mol. The third kappa shape index (κ3) is 4.65. The molecule has 6 heteroatoms. The second-order valence-electron chi connectivity index (χ2n) is 7.08. The van der Waals surface area contributed by atoms with Gasteiger partial charge in [-0.05, 0) is 31.5 Å². The van der Waals surface area contributed by atoms with Crippen molar-refractivity contribution in [1.82, 2.24) is 14.8 Å². The highest BCUT2D eigenvalue weighted by Gasteiger charge is 2.16. The minimum absolute atomic E-state index is 0.511. The molecular formula is C17H28N4OSi. The van der Waals surface area contributed by atoms with Crippen LogP contribution >= 0.6 is 0 Å². The number of hydrogen-bond acceptors (Lipinski definition) is 4. The molecule has 126 valence electrons. The van der Waals surface area contributed by atoms with E-state index >= 15 is 0 Å². The number of aryl methyl sites for hydroxylation is 1. The largest absolute Gasteiger partial charge is 0.384 e. The van der Waals surface area contributed by atoms with Crippen LogP contribution in [0.1, 0.15) is 18.3 Å². The lowest BCUT2D eigenvalue weighted by Gasteiger charge is -2.16. The Balaban J connectivity index is 2.16. The van der Waals surface area contributed by atoms with Crippen LogP contribution < -0.4 is 5.73 Å². The molecule has 0 aliphatic rings. The molecule has 2 aromatic rings. The molecule has 0 unspecified atom stereocenters. The number of rotatable bonds is 7. The summed E-state index contributed by atoms with van der Waals surface area (Å²) in [7, 11) is -1.06. The molecule has 0 radical (unpaired) electrons.